The highest BCUT2D eigenvalue weighted by Crippen LogP contribution is 2.17. The summed E-state index contributed by atoms with van der Waals surface area (Å²) in [5, 5.41) is 0.482. The van der Waals surface area contributed by atoms with E-state index < -0.39 is 10.0 Å². The quantitative estimate of drug-likeness (QED) is 0.898. The molecule has 0 aliphatic heterocycles. The molecule has 0 spiro atoms. The van der Waals surface area contributed by atoms with Gasteiger partial charge in [-0.25, -0.2) is 13.1 Å². The van der Waals surface area contributed by atoms with Gasteiger partial charge >= 0.3 is 0 Å². The maximum absolute atomic E-state index is 11.9. The Morgan fingerprint density at radius 1 is 1.24 bits per heavy atom. The highest BCUT2D eigenvalue weighted by molar-refractivity contribution is 7.88. The van der Waals surface area contributed by atoms with Gasteiger partial charge in [-0.3, -0.25) is 0 Å². The van der Waals surface area contributed by atoms with E-state index in [0.717, 1.165) is 0 Å². The Labute approximate surface area is 108 Å². The van der Waals surface area contributed by atoms with Gasteiger partial charge in [0.2, 0.25) is 10.0 Å². The van der Waals surface area contributed by atoms with Crippen molar-refractivity contribution in [1.29, 1.82) is 0 Å². The Morgan fingerprint density at radius 3 is 2.35 bits per heavy atom. The van der Waals surface area contributed by atoms with Crippen molar-refractivity contribution in [2.75, 3.05) is 0 Å². The van der Waals surface area contributed by atoms with Gasteiger partial charge < -0.3 is 0 Å². The van der Waals surface area contributed by atoms with Crippen LogP contribution in [0.5, 0.6) is 0 Å². The van der Waals surface area contributed by atoms with Gasteiger partial charge in [-0.05, 0) is 24.5 Å². The van der Waals surface area contributed by atoms with Crippen LogP contribution in [0.3, 0.4) is 0 Å². The van der Waals surface area contributed by atoms with E-state index >= 15 is 0 Å². The van der Waals surface area contributed by atoms with Crippen molar-refractivity contribution in [3.05, 3.63) is 34.9 Å². The second-order valence-corrected chi connectivity index (χ2v) is 6.66. The first-order valence-electron chi connectivity index (χ1n) is 5.55. The van der Waals surface area contributed by atoms with Crippen LogP contribution >= 0.6 is 11.6 Å². The van der Waals surface area contributed by atoms with Crippen molar-refractivity contribution in [1.82, 2.24) is 4.72 Å². The van der Waals surface area contributed by atoms with Gasteiger partial charge in [0, 0.05) is 11.1 Å². The molecular weight excluding hydrogens is 258 g/mol. The first-order chi connectivity index (χ1) is 7.82. The van der Waals surface area contributed by atoms with Crippen molar-refractivity contribution in [2.45, 2.75) is 32.6 Å². The molecule has 0 bridgehead atoms. The van der Waals surface area contributed by atoms with Crippen LogP contribution in [0.2, 0.25) is 5.02 Å². The third kappa shape index (κ3) is 4.66. The number of hydrogen-bond donors (Lipinski definition) is 1. The summed E-state index contributed by atoms with van der Waals surface area (Å²) in [6.45, 7) is 5.81. The molecule has 1 aromatic rings. The molecule has 0 aromatic heterocycles. The van der Waals surface area contributed by atoms with Crippen LogP contribution in [0.1, 0.15) is 26.3 Å². The molecule has 1 N–H and O–H groups in total. The second kappa shape index (κ2) is 5.85. The molecule has 0 unspecified atom stereocenters. The monoisotopic (exact) mass is 275 g/mol. The van der Waals surface area contributed by atoms with Gasteiger partial charge in [0.15, 0.2) is 0 Å². The van der Waals surface area contributed by atoms with Crippen molar-refractivity contribution < 1.29 is 8.42 Å². The standard InChI is InChI=1S/C12H18ClNO2S/c1-9(2)10(3)14-17(15,16)8-11-6-4-5-7-12(11)13/h4-7,9-10,14H,8H2,1-3H3/t10-/m0/s1. The first-order valence-corrected chi connectivity index (χ1v) is 7.58. The zero-order valence-electron chi connectivity index (χ0n) is 10.3. The normalized spacial score (nSPS) is 13.9. The molecule has 1 aromatic carbocycles. The molecule has 0 saturated heterocycles. The van der Waals surface area contributed by atoms with Crippen LogP contribution in [0.25, 0.3) is 0 Å². The summed E-state index contributed by atoms with van der Waals surface area (Å²) in [5.74, 6) is 0.181. The molecule has 0 aliphatic carbocycles. The minimum Gasteiger partial charge on any atom is -0.212 e. The maximum atomic E-state index is 11.9. The van der Waals surface area contributed by atoms with Gasteiger partial charge in [0.25, 0.3) is 0 Å². The molecule has 3 nitrogen and oxygen atoms in total. The number of sulfonamides is 1. The lowest BCUT2D eigenvalue weighted by molar-refractivity contribution is 0.476. The van der Waals surface area contributed by atoms with Crippen LogP contribution in [-0.4, -0.2) is 14.5 Å². The van der Waals surface area contributed by atoms with E-state index in [1.54, 1.807) is 24.3 Å². The first kappa shape index (κ1) is 14.5. The summed E-state index contributed by atoms with van der Waals surface area (Å²) < 4.78 is 26.4. The lowest BCUT2D eigenvalue weighted by Crippen LogP contribution is -2.36. The summed E-state index contributed by atoms with van der Waals surface area (Å²) in [6, 6.07) is 6.90. The van der Waals surface area contributed by atoms with E-state index in [-0.39, 0.29) is 17.7 Å². The zero-order chi connectivity index (χ0) is 13.1. The number of benzene rings is 1. The number of halogens is 1. The van der Waals surface area contributed by atoms with E-state index in [0.29, 0.717) is 10.6 Å². The summed E-state index contributed by atoms with van der Waals surface area (Å²) in [4.78, 5) is 0. The highest BCUT2D eigenvalue weighted by atomic mass is 35.5. The predicted octanol–water partition coefficient (Wildman–Crippen LogP) is 2.80. The van der Waals surface area contributed by atoms with Gasteiger partial charge in [-0.15, -0.1) is 0 Å². The molecule has 5 heteroatoms. The van der Waals surface area contributed by atoms with Gasteiger partial charge in [-0.2, -0.15) is 0 Å². The van der Waals surface area contributed by atoms with Crippen molar-refractivity contribution in [3.8, 4) is 0 Å². The van der Waals surface area contributed by atoms with Crippen LogP contribution in [0.15, 0.2) is 24.3 Å². The van der Waals surface area contributed by atoms with E-state index in [4.69, 9.17) is 11.6 Å². The number of hydrogen-bond acceptors (Lipinski definition) is 2. The molecule has 0 aliphatic rings. The lowest BCUT2D eigenvalue weighted by Gasteiger charge is -2.17. The molecule has 96 valence electrons. The fourth-order valence-corrected chi connectivity index (χ4v) is 3.15. The Morgan fingerprint density at radius 2 is 1.82 bits per heavy atom. The largest absolute Gasteiger partial charge is 0.216 e. The van der Waals surface area contributed by atoms with Gasteiger partial charge in [0.1, 0.15) is 0 Å². The Hall–Kier alpha value is -0.580. The molecule has 1 rings (SSSR count). The predicted molar refractivity (Wildman–Crippen MR) is 71.5 cm³/mol. The van der Waals surface area contributed by atoms with E-state index in [9.17, 15) is 8.42 Å². The Kier molecular flexibility index (Phi) is 4.98. The third-order valence-corrected chi connectivity index (χ3v) is 4.46. The average Bonchev–Trinajstić information content (AvgIpc) is 2.20. The zero-order valence-corrected chi connectivity index (χ0v) is 11.8. The van der Waals surface area contributed by atoms with Crippen LogP contribution in [-0.2, 0) is 15.8 Å². The van der Waals surface area contributed by atoms with Crippen molar-refractivity contribution in [2.24, 2.45) is 5.92 Å². The van der Waals surface area contributed by atoms with E-state index in [2.05, 4.69) is 4.72 Å². The minimum absolute atomic E-state index is 0.0796. The Balaban J connectivity index is 2.77. The summed E-state index contributed by atoms with van der Waals surface area (Å²) in [7, 11) is -3.34. The number of nitrogens with one attached hydrogen (secondary N) is 1. The number of rotatable bonds is 5. The SMILES string of the molecule is CC(C)[C@H](C)NS(=O)(=O)Cc1ccccc1Cl. The molecule has 0 saturated carbocycles. The third-order valence-electron chi connectivity index (χ3n) is 2.67. The topological polar surface area (TPSA) is 46.2 Å². The molecule has 0 fully saturated rings. The average molecular weight is 276 g/mol. The molecule has 0 heterocycles. The Bertz CT molecular complexity index is 471. The van der Waals surface area contributed by atoms with Crippen LogP contribution < -0.4 is 4.72 Å². The smallest absolute Gasteiger partial charge is 0.212 e. The van der Waals surface area contributed by atoms with Gasteiger partial charge in [0.05, 0.1) is 5.75 Å². The molecular formula is C12H18ClNO2S. The summed E-state index contributed by atoms with van der Waals surface area (Å²) >= 11 is 5.94. The highest BCUT2D eigenvalue weighted by Gasteiger charge is 2.18. The fraction of sp³-hybridized carbons (Fsp3) is 0.500. The fourth-order valence-electron chi connectivity index (χ4n) is 1.28. The summed E-state index contributed by atoms with van der Waals surface area (Å²) in [6.07, 6.45) is 0. The molecule has 1 atom stereocenters. The van der Waals surface area contributed by atoms with E-state index in [1.807, 2.05) is 20.8 Å². The molecule has 0 radical (unpaired) electrons. The van der Waals surface area contributed by atoms with Crippen molar-refractivity contribution >= 4 is 21.6 Å². The summed E-state index contributed by atoms with van der Waals surface area (Å²) in [5.41, 5.74) is 0.623. The van der Waals surface area contributed by atoms with Gasteiger partial charge in [-0.1, -0.05) is 43.6 Å². The van der Waals surface area contributed by atoms with Crippen LogP contribution in [0, 0.1) is 5.92 Å². The molecule has 17 heavy (non-hydrogen) atoms. The van der Waals surface area contributed by atoms with Crippen molar-refractivity contribution in [3.63, 3.8) is 0 Å². The second-order valence-electron chi connectivity index (χ2n) is 4.50. The van der Waals surface area contributed by atoms with Crippen LogP contribution in [0.4, 0.5) is 0 Å². The minimum atomic E-state index is -3.34. The molecule has 0 amide bonds. The van der Waals surface area contributed by atoms with E-state index in [1.165, 1.54) is 0 Å². The lowest BCUT2D eigenvalue weighted by atomic mass is 10.1. The maximum Gasteiger partial charge on any atom is 0.216 e.